The van der Waals surface area contributed by atoms with Crippen molar-refractivity contribution in [3.8, 4) is 0 Å². The molecular formula is C14H19N3O5. The second-order valence-electron chi connectivity index (χ2n) is 4.94. The largest absolute Gasteiger partial charge is 0.480 e. The lowest BCUT2D eigenvalue weighted by Crippen LogP contribution is -2.47. The molecule has 0 saturated carbocycles. The van der Waals surface area contributed by atoms with E-state index in [-0.39, 0.29) is 12.0 Å². The van der Waals surface area contributed by atoms with Crippen LogP contribution in [0, 0.1) is 6.92 Å². The smallest absolute Gasteiger partial charge is 0.326 e. The molecule has 0 aliphatic rings. The van der Waals surface area contributed by atoms with Crippen LogP contribution in [-0.2, 0) is 14.4 Å². The van der Waals surface area contributed by atoms with Crippen LogP contribution in [0.2, 0.25) is 0 Å². The van der Waals surface area contributed by atoms with E-state index in [1.807, 2.05) is 0 Å². The predicted molar refractivity (Wildman–Crippen MR) is 78.1 cm³/mol. The first-order valence-corrected chi connectivity index (χ1v) is 6.76. The Morgan fingerprint density at radius 2 is 2.05 bits per heavy atom. The van der Waals surface area contributed by atoms with Crippen molar-refractivity contribution in [1.29, 1.82) is 0 Å². The summed E-state index contributed by atoms with van der Waals surface area (Å²) in [7, 11) is 0. The first-order valence-electron chi connectivity index (χ1n) is 6.76. The molecular weight excluding hydrogens is 290 g/mol. The molecule has 0 bridgehead atoms. The maximum atomic E-state index is 12.2. The van der Waals surface area contributed by atoms with Crippen LogP contribution in [0.15, 0.2) is 23.1 Å². The number of carboxylic acids is 1. The summed E-state index contributed by atoms with van der Waals surface area (Å²) in [5.74, 6) is -2.85. The third-order valence-electron chi connectivity index (χ3n) is 3.15. The number of rotatable bonds is 7. The predicted octanol–water partition coefficient (Wildman–Crippen LogP) is -0.447. The van der Waals surface area contributed by atoms with Gasteiger partial charge in [-0.1, -0.05) is 6.92 Å². The van der Waals surface area contributed by atoms with Crippen molar-refractivity contribution >= 4 is 17.8 Å². The number of carboxylic acid groups (broad SMARTS) is 1. The molecule has 0 radical (unpaired) electrons. The van der Waals surface area contributed by atoms with Gasteiger partial charge >= 0.3 is 5.97 Å². The van der Waals surface area contributed by atoms with E-state index in [0.717, 1.165) is 5.56 Å². The van der Waals surface area contributed by atoms with E-state index in [1.165, 1.54) is 16.8 Å². The Labute approximate surface area is 126 Å². The first kappa shape index (κ1) is 17.4. The number of aromatic nitrogens is 1. The third-order valence-corrected chi connectivity index (χ3v) is 3.15. The van der Waals surface area contributed by atoms with E-state index < -0.39 is 36.3 Å². The standard InChI is InChI=1S/C14H19N3O5/c1-3-10(17-5-4-8(2)6-12(17)19)13(20)16-9(14(21)22)7-11(15)18/h4-6,9-10H,3,7H2,1-2H3,(H2,15,18)(H,16,20)(H,21,22). The van der Waals surface area contributed by atoms with Crippen LogP contribution in [0.4, 0.5) is 0 Å². The summed E-state index contributed by atoms with van der Waals surface area (Å²) >= 11 is 0. The van der Waals surface area contributed by atoms with Crippen LogP contribution >= 0.6 is 0 Å². The van der Waals surface area contributed by atoms with Crippen molar-refractivity contribution in [1.82, 2.24) is 9.88 Å². The second kappa shape index (κ2) is 7.39. The zero-order chi connectivity index (χ0) is 16.9. The molecule has 1 aromatic rings. The molecule has 1 rings (SSSR count). The number of nitrogens with zero attached hydrogens (tertiary/aromatic N) is 1. The number of hydrogen-bond acceptors (Lipinski definition) is 4. The van der Waals surface area contributed by atoms with Crippen LogP contribution in [0.1, 0.15) is 31.4 Å². The fourth-order valence-corrected chi connectivity index (χ4v) is 2.02. The minimum absolute atomic E-state index is 0.289. The highest BCUT2D eigenvalue weighted by Crippen LogP contribution is 2.10. The van der Waals surface area contributed by atoms with Gasteiger partial charge in [0.25, 0.3) is 5.56 Å². The molecule has 2 unspecified atom stereocenters. The molecule has 0 spiro atoms. The summed E-state index contributed by atoms with van der Waals surface area (Å²) in [5.41, 5.74) is 5.36. The zero-order valence-corrected chi connectivity index (χ0v) is 12.4. The Morgan fingerprint density at radius 1 is 1.41 bits per heavy atom. The summed E-state index contributed by atoms with van der Waals surface area (Å²) in [4.78, 5) is 46.0. The first-order chi connectivity index (χ1) is 10.3. The monoisotopic (exact) mass is 309 g/mol. The summed E-state index contributed by atoms with van der Waals surface area (Å²) < 4.78 is 1.23. The number of aliphatic carboxylic acids is 1. The van der Waals surface area contributed by atoms with Crippen LogP contribution in [0.3, 0.4) is 0 Å². The minimum atomic E-state index is -1.42. The van der Waals surface area contributed by atoms with Gasteiger partial charge in [0.05, 0.1) is 6.42 Å². The number of primary amides is 1. The lowest BCUT2D eigenvalue weighted by atomic mass is 10.1. The highest BCUT2D eigenvalue weighted by Gasteiger charge is 2.27. The van der Waals surface area contributed by atoms with E-state index in [4.69, 9.17) is 10.8 Å². The van der Waals surface area contributed by atoms with Crippen LogP contribution < -0.4 is 16.6 Å². The van der Waals surface area contributed by atoms with Crippen molar-refractivity contribution in [3.63, 3.8) is 0 Å². The normalized spacial score (nSPS) is 13.2. The number of hydrogen-bond donors (Lipinski definition) is 3. The van der Waals surface area contributed by atoms with Gasteiger partial charge in [0.15, 0.2) is 0 Å². The van der Waals surface area contributed by atoms with E-state index in [1.54, 1.807) is 19.9 Å². The van der Waals surface area contributed by atoms with Crippen molar-refractivity contribution in [3.05, 3.63) is 34.2 Å². The number of carbonyl (C=O) groups excluding carboxylic acids is 2. The molecule has 0 aromatic carbocycles. The molecule has 8 heteroatoms. The lowest BCUT2D eigenvalue weighted by Gasteiger charge is -2.20. The van der Waals surface area contributed by atoms with Gasteiger partial charge in [-0.2, -0.15) is 0 Å². The van der Waals surface area contributed by atoms with Gasteiger partial charge < -0.3 is 20.7 Å². The number of nitrogens with one attached hydrogen (secondary N) is 1. The number of pyridine rings is 1. The molecule has 1 heterocycles. The zero-order valence-electron chi connectivity index (χ0n) is 12.4. The fourth-order valence-electron chi connectivity index (χ4n) is 2.02. The Bertz CT molecular complexity index is 638. The van der Waals surface area contributed by atoms with Gasteiger partial charge in [0, 0.05) is 12.3 Å². The average molecular weight is 309 g/mol. The lowest BCUT2D eigenvalue weighted by molar-refractivity contribution is -0.143. The summed E-state index contributed by atoms with van der Waals surface area (Å²) in [5, 5.41) is 11.2. The molecule has 2 amide bonds. The van der Waals surface area contributed by atoms with E-state index in [0.29, 0.717) is 0 Å². The van der Waals surface area contributed by atoms with Crippen molar-refractivity contribution in [2.24, 2.45) is 5.73 Å². The van der Waals surface area contributed by atoms with Gasteiger partial charge in [-0.05, 0) is 25.0 Å². The van der Waals surface area contributed by atoms with Gasteiger partial charge in [0.1, 0.15) is 12.1 Å². The molecule has 0 fully saturated rings. The topological polar surface area (TPSA) is 131 Å². The van der Waals surface area contributed by atoms with Gasteiger partial charge in [-0.25, -0.2) is 4.79 Å². The number of aryl methyl sites for hydroxylation is 1. The van der Waals surface area contributed by atoms with Crippen LogP contribution in [0.5, 0.6) is 0 Å². The summed E-state index contributed by atoms with van der Waals surface area (Å²) in [6.07, 6.45) is 1.26. The summed E-state index contributed by atoms with van der Waals surface area (Å²) in [6.45, 7) is 3.44. The van der Waals surface area contributed by atoms with Crippen LogP contribution in [-0.4, -0.2) is 33.5 Å². The average Bonchev–Trinajstić information content (AvgIpc) is 2.40. The molecule has 22 heavy (non-hydrogen) atoms. The van der Waals surface area contributed by atoms with Gasteiger partial charge in [-0.15, -0.1) is 0 Å². The quantitative estimate of drug-likeness (QED) is 0.628. The molecule has 4 N–H and O–H groups in total. The van der Waals surface area contributed by atoms with E-state index in [9.17, 15) is 19.2 Å². The Hall–Kier alpha value is -2.64. The van der Waals surface area contributed by atoms with Gasteiger partial charge in [-0.3, -0.25) is 14.4 Å². The van der Waals surface area contributed by atoms with E-state index >= 15 is 0 Å². The maximum absolute atomic E-state index is 12.2. The number of nitrogens with two attached hydrogens (primary N) is 1. The molecule has 0 saturated heterocycles. The molecule has 0 aliphatic carbocycles. The van der Waals surface area contributed by atoms with Gasteiger partial charge in [0.2, 0.25) is 11.8 Å². The van der Waals surface area contributed by atoms with Crippen molar-refractivity contribution in [2.75, 3.05) is 0 Å². The fraction of sp³-hybridized carbons (Fsp3) is 0.429. The Kier molecular flexibility index (Phi) is 5.85. The SMILES string of the molecule is CCC(C(=O)NC(CC(N)=O)C(=O)O)n1ccc(C)cc1=O. The maximum Gasteiger partial charge on any atom is 0.326 e. The van der Waals surface area contributed by atoms with E-state index in [2.05, 4.69) is 5.32 Å². The summed E-state index contributed by atoms with van der Waals surface area (Å²) in [6, 6.07) is 0.784. The minimum Gasteiger partial charge on any atom is -0.480 e. The number of carbonyl (C=O) groups is 3. The highest BCUT2D eigenvalue weighted by molar-refractivity contribution is 5.89. The number of amides is 2. The molecule has 0 aliphatic heterocycles. The van der Waals surface area contributed by atoms with Crippen molar-refractivity contribution in [2.45, 2.75) is 38.8 Å². The molecule has 120 valence electrons. The molecule has 2 atom stereocenters. The molecule has 8 nitrogen and oxygen atoms in total. The third kappa shape index (κ3) is 4.44. The Morgan fingerprint density at radius 3 is 2.50 bits per heavy atom. The second-order valence-corrected chi connectivity index (χ2v) is 4.94. The molecule has 1 aromatic heterocycles. The Balaban J connectivity index is 2.99. The highest BCUT2D eigenvalue weighted by atomic mass is 16.4. The van der Waals surface area contributed by atoms with Crippen molar-refractivity contribution < 1.29 is 19.5 Å². The van der Waals surface area contributed by atoms with Crippen LogP contribution in [0.25, 0.3) is 0 Å².